The Morgan fingerprint density at radius 1 is 1.00 bits per heavy atom. The first-order valence-corrected chi connectivity index (χ1v) is 8.37. The Labute approximate surface area is 151 Å². The van der Waals surface area contributed by atoms with Crippen LogP contribution >= 0.6 is 0 Å². The number of hydrogen-bond acceptors (Lipinski definition) is 4. The molecule has 1 aromatic heterocycles. The fourth-order valence-electron chi connectivity index (χ4n) is 2.61. The standard InChI is InChI=1S/C19H21N5O2/c1-20-17(25)12-21-18(26)13-24-16-10-6-5-9-15(16)23-19(24)22-11-14-7-3-2-4-8-14/h2-10H,11-13H2,1H3,(H,20,25)(H,21,26)(H,22,23). The summed E-state index contributed by atoms with van der Waals surface area (Å²) in [4.78, 5) is 28.1. The van der Waals surface area contributed by atoms with E-state index in [0.717, 1.165) is 16.6 Å². The van der Waals surface area contributed by atoms with E-state index >= 15 is 0 Å². The van der Waals surface area contributed by atoms with Crippen LogP contribution in [0, 0.1) is 0 Å². The number of rotatable bonds is 7. The van der Waals surface area contributed by atoms with E-state index in [-0.39, 0.29) is 24.9 Å². The minimum atomic E-state index is -0.250. The number of benzene rings is 2. The molecule has 26 heavy (non-hydrogen) atoms. The number of nitrogens with zero attached hydrogens (tertiary/aromatic N) is 2. The molecule has 3 aromatic rings. The minimum Gasteiger partial charge on any atom is -0.358 e. The van der Waals surface area contributed by atoms with E-state index in [0.29, 0.717) is 12.5 Å². The Balaban J connectivity index is 1.78. The van der Waals surface area contributed by atoms with Crippen LogP contribution in [0.3, 0.4) is 0 Å². The van der Waals surface area contributed by atoms with E-state index in [1.807, 2.05) is 59.2 Å². The van der Waals surface area contributed by atoms with E-state index < -0.39 is 0 Å². The smallest absolute Gasteiger partial charge is 0.240 e. The van der Waals surface area contributed by atoms with Crippen molar-refractivity contribution in [2.45, 2.75) is 13.1 Å². The molecule has 7 nitrogen and oxygen atoms in total. The number of nitrogens with one attached hydrogen (secondary N) is 3. The Bertz CT molecular complexity index is 905. The van der Waals surface area contributed by atoms with Gasteiger partial charge in [0.25, 0.3) is 0 Å². The number of aromatic nitrogens is 2. The molecular formula is C19H21N5O2. The molecule has 134 valence electrons. The number of carbonyl (C=O) groups is 2. The van der Waals surface area contributed by atoms with Crippen molar-refractivity contribution < 1.29 is 9.59 Å². The van der Waals surface area contributed by atoms with Crippen LogP contribution in [0.5, 0.6) is 0 Å². The lowest BCUT2D eigenvalue weighted by atomic mass is 10.2. The van der Waals surface area contributed by atoms with Crippen LogP contribution in [0.4, 0.5) is 5.95 Å². The normalized spacial score (nSPS) is 10.5. The first-order chi connectivity index (χ1) is 12.7. The number of anilines is 1. The third-order valence-electron chi connectivity index (χ3n) is 3.97. The molecule has 7 heteroatoms. The molecule has 0 spiro atoms. The van der Waals surface area contributed by atoms with Gasteiger partial charge in [-0.05, 0) is 17.7 Å². The molecule has 0 unspecified atom stereocenters. The highest BCUT2D eigenvalue weighted by Gasteiger charge is 2.14. The molecule has 0 bridgehead atoms. The molecule has 0 saturated carbocycles. The summed E-state index contributed by atoms with van der Waals surface area (Å²) in [5.41, 5.74) is 2.79. The van der Waals surface area contributed by atoms with Crippen LogP contribution in [-0.2, 0) is 22.7 Å². The van der Waals surface area contributed by atoms with Gasteiger partial charge in [0.05, 0.1) is 17.6 Å². The van der Waals surface area contributed by atoms with Gasteiger partial charge in [0.15, 0.2) is 0 Å². The summed E-state index contributed by atoms with van der Waals surface area (Å²) in [6.07, 6.45) is 0. The van der Waals surface area contributed by atoms with Crippen LogP contribution in [0.2, 0.25) is 0 Å². The third-order valence-corrected chi connectivity index (χ3v) is 3.97. The second kappa shape index (κ2) is 8.15. The van der Waals surface area contributed by atoms with Gasteiger partial charge >= 0.3 is 0 Å². The second-order valence-corrected chi connectivity index (χ2v) is 5.80. The molecule has 3 N–H and O–H groups in total. The third kappa shape index (κ3) is 4.18. The van der Waals surface area contributed by atoms with Crippen molar-refractivity contribution in [2.24, 2.45) is 0 Å². The Morgan fingerprint density at radius 2 is 1.73 bits per heavy atom. The van der Waals surface area contributed by atoms with Gasteiger partial charge in [0.2, 0.25) is 17.8 Å². The number of para-hydroxylation sites is 2. The SMILES string of the molecule is CNC(=O)CNC(=O)Cn1c(NCc2ccccc2)nc2ccccc21. The fraction of sp³-hybridized carbons (Fsp3) is 0.211. The number of carbonyl (C=O) groups excluding carboxylic acids is 2. The van der Waals surface area contributed by atoms with Crippen LogP contribution in [0.15, 0.2) is 54.6 Å². The maximum absolute atomic E-state index is 12.2. The minimum absolute atomic E-state index is 0.0469. The first-order valence-electron chi connectivity index (χ1n) is 8.37. The van der Waals surface area contributed by atoms with Crippen molar-refractivity contribution in [3.63, 3.8) is 0 Å². The molecule has 0 atom stereocenters. The Kier molecular flexibility index (Phi) is 5.48. The average molecular weight is 351 g/mol. The zero-order valence-corrected chi connectivity index (χ0v) is 14.5. The molecule has 0 aliphatic carbocycles. The quantitative estimate of drug-likeness (QED) is 0.602. The molecule has 0 saturated heterocycles. The van der Waals surface area contributed by atoms with Gasteiger partial charge in [-0.15, -0.1) is 0 Å². The van der Waals surface area contributed by atoms with Crippen LogP contribution in [-0.4, -0.2) is 35.0 Å². The predicted molar refractivity (Wildman–Crippen MR) is 101 cm³/mol. The van der Waals surface area contributed by atoms with Gasteiger partial charge in [0, 0.05) is 13.6 Å². The Morgan fingerprint density at radius 3 is 2.50 bits per heavy atom. The fourth-order valence-corrected chi connectivity index (χ4v) is 2.61. The number of hydrogen-bond donors (Lipinski definition) is 3. The van der Waals surface area contributed by atoms with Crippen molar-refractivity contribution in [3.05, 3.63) is 60.2 Å². The second-order valence-electron chi connectivity index (χ2n) is 5.80. The molecule has 0 aliphatic heterocycles. The Hall–Kier alpha value is -3.35. The van der Waals surface area contributed by atoms with Crippen molar-refractivity contribution in [1.29, 1.82) is 0 Å². The van der Waals surface area contributed by atoms with Crippen LogP contribution in [0.1, 0.15) is 5.56 Å². The largest absolute Gasteiger partial charge is 0.358 e. The molecule has 2 amide bonds. The number of fused-ring (bicyclic) bond motifs is 1. The van der Waals surface area contributed by atoms with E-state index in [4.69, 9.17) is 0 Å². The highest BCUT2D eigenvalue weighted by Crippen LogP contribution is 2.20. The monoisotopic (exact) mass is 351 g/mol. The van der Waals surface area contributed by atoms with Crippen molar-refractivity contribution in [2.75, 3.05) is 18.9 Å². The maximum Gasteiger partial charge on any atom is 0.240 e. The summed E-state index contributed by atoms with van der Waals surface area (Å²) in [6, 6.07) is 17.6. The van der Waals surface area contributed by atoms with Gasteiger partial charge in [-0.2, -0.15) is 0 Å². The first kappa shape index (κ1) is 17.5. The van der Waals surface area contributed by atoms with Crippen LogP contribution in [0.25, 0.3) is 11.0 Å². The summed E-state index contributed by atoms with van der Waals surface area (Å²) >= 11 is 0. The van der Waals surface area contributed by atoms with E-state index in [1.165, 1.54) is 7.05 Å². The maximum atomic E-state index is 12.2. The molecule has 0 radical (unpaired) electrons. The molecule has 1 heterocycles. The summed E-state index contributed by atoms with van der Waals surface area (Å²) in [6.45, 7) is 0.632. The van der Waals surface area contributed by atoms with E-state index in [9.17, 15) is 9.59 Å². The molecule has 0 fully saturated rings. The number of likely N-dealkylation sites (N-methyl/N-ethyl adjacent to an activating group) is 1. The van der Waals surface area contributed by atoms with Gasteiger partial charge in [-0.1, -0.05) is 42.5 Å². The summed E-state index contributed by atoms with van der Waals surface area (Å²) in [5.74, 6) is 0.126. The molecule has 0 aliphatic rings. The lowest BCUT2D eigenvalue weighted by Crippen LogP contribution is -2.36. The molecular weight excluding hydrogens is 330 g/mol. The number of amides is 2. The summed E-state index contributed by atoms with van der Waals surface area (Å²) in [5, 5.41) is 8.38. The lowest BCUT2D eigenvalue weighted by molar-refractivity contribution is -0.126. The van der Waals surface area contributed by atoms with E-state index in [2.05, 4.69) is 20.9 Å². The topological polar surface area (TPSA) is 88.0 Å². The predicted octanol–water partition coefficient (Wildman–Crippen LogP) is 1.51. The van der Waals surface area contributed by atoms with Gasteiger partial charge < -0.3 is 20.5 Å². The lowest BCUT2D eigenvalue weighted by Gasteiger charge is -2.11. The van der Waals surface area contributed by atoms with Crippen LogP contribution < -0.4 is 16.0 Å². The number of imidazole rings is 1. The molecule has 3 rings (SSSR count). The van der Waals surface area contributed by atoms with Crippen molar-refractivity contribution in [1.82, 2.24) is 20.2 Å². The zero-order valence-electron chi connectivity index (χ0n) is 14.5. The highest BCUT2D eigenvalue weighted by molar-refractivity contribution is 5.86. The average Bonchev–Trinajstić information content (AvgIpc) is 3.02. The van der Waals surface area contributed by atoms with E-state index in [1.54, 1.807) is 0 Å². The highest BCUT2D eigenvalue weighted by atomic mass is 16.2. The van der Waals surface area contributed by atoms with Crippen molar-refractivity contribution >= 4 is 28.8 Å². The summed E-state index contributed by atoms with van der Waals surface area (Å²) in [7, 11) is 1.53. The zero-order chi connectivity index (χ0) is 18.4. The molecule has 2 aromatic carbocycles. The van der Waals surface area contributed by atoms with Gasteiger partial charge in [-0.3, -0.25) is 9.59 Å². The summed E-state index contributed by atoms with van der Waals surface area (Å²) < 4.78 is 1.82. The van der Waals surface area contributed by atoms with Gasteiger partial charge in [0.1, 0.15) is 6.54 Å². The van der Waals surface area contributed by atoms with Crippen molar-refractivity contribution in [3.8, 4) is 0 Å². The van der Waals surface area contributed by atoms with Gasteiger partial charge in [-0.25, -0.2) is 4.98 Å².